The number of aliphatic hydroxyl groups is 8. The Labute approximate surface area is 469 Å². The fourth-order valence-corrected chi connectivity index (χ4v) is 10.4. The molecule has 458 valence electrons. The van der Waals surface area contributed by atoms with Gasteiger partial charge in [0.25, 0.3) is 0 Å². The van der Waals surface area contributed by atoms with Crippen LogP contribution in [0.5, 0.6) is 11.5 Å². The Bertz CT molecular complexity index is 2440. The van der Waals surface area contributed by atoms with Gasteiger partial charge >= 0.3 is 10.4 Å². The molecule has 3 heterocycles. The third-order valence-corrected chi connectivity index (χ3v) is 15.0. The Morgan fingerprint density at radius 3 is 1.86 bits per heavy atom. The summed E-state index contributed by atoms with van der Waals surface area (Å²) in [5.41, 5.74) is 4.75. The van der Waals surface area contributed by atoms with Crippen molar-refractivity contribution in [2.75, 3.05) is 13.1 Å². The number of aromatic hydroxyl groups is 1. The van der Waals surface area contributed by atoms with E-state index in [1.54, 1.807) is 0 Å². The van der Waals surface area contributed by atoms with Gasteiger partial charge in [0.2, 0.25) is 47.3 Å². The van der Waals surface area contributed by atoms with Crippen LogP contribution < -0.4 is 36.5 Å². The molecule has 4 rings (SSSR count). The molecule has 15 atom stereocenters. The largest absolute Gasteiger partial charge is 0.504 e. The van der Waals surface area contributed by atoms with Gasteiger partial charge in [0.1, 0.15) is 54.6 Å². The van der Waals surface area contributed by atoms with Crippen molar-refractivity contribution in [3.05, 3.63) is 23.8 Å². The van der Waals surface area contributed by atoms with Crippen LogP contribution in [0.3, 0.4) is 0 Å². The Balaban J connectivity index is 1.74. The van der Waals surface area contributed by atoms with Crippen LogP contribution in [-0.2, 0) is 48.8 Å². The van der Waals surface area contributed by atoms with Gasteiger partial charge in [-0.05, 0) is 31.0 Å². The van der Waals surface area contributed by atoms with Gasteiger partial charge in [-0.15, -0.1) is 0 Å². The summed E-state index contributed by atoms with van der Waals surface area (Å²) in [4.78, 5) is 113. The van der Waals surface area contributed by atoms with E-state index >= 15 is 0 Å². The van der Waals surface area contributed by atoms with Crippen LogP contribution in [0.15, 0.2) is 18.2 Å². The van der Waals surface area contributed by atoms with E-state index in [4.69, 9.17) is 5.73 Å². The van der Waals surface area contributed by atoms with Crippen LogP contribution in [0.1, 0.15) is 142 Å². The number of hydrogen-bond donors (Lipinski definition) is 16. The van der Waals surface area contributed by atoms with E-state index in [1.807, 2.05) is 10.6 Å². The highest BCUT2D eigenvalue weighted by Crippen LogP contribution is 2.33. The molecule has 81 heavy (non-hydrogen) atoms. The molecule has 30 heteroatoms. The van der Waals surface area contributed by atoms with E-state index in [9.17, 15) is 97.3 Å². The van der Waals surface area contributed by atoms with Gasteiger partial charge in [0, 0.05) is 38.3 Å². The van der Waals surface area contributed by atoms with Gasteiger partial charge in [-0.25, -0.2) is 0 Å². The highest BCUT2D eigenvalue weighted by molar-refractivity contribution is 7.81. The fraction of sp³-hybridized carbons (Fsp3) is 0.725. The minimum Gasteiger partial charge on any atom is -0.504 e. The summed E-state index contributed by atoms with van der Waals surface area (Å²) < 4.78 is 36.6. The zero-order chi connectivity index (χ0) is 60.5. The number of nitrogens with two attached hydrogens (primary N) is 1. The number of nitrogens with one attached hydrogen (secondary N) is 5. The average molecular weight is 1180 g/mol. The van der Waals surface area contributed by atoms with Crippen molar-refractivity contribution in [2.24, 2.45) is 11.7 Å². The second-order valence-corrected chi connectivity index (χ2v) is 22.3. The number of carbonyl (C=O) groups is 8. The SMILES string of the molecule is CCCCCCCCCCCCCCCC(=O)N[C@H]1C[C@@H](O)[C@@H](O)NC(=O)[C@@H]2[C@@H](O)[C@@H](C)CN2C(=O)[C@H](C(O)CC(N)=O)NC(=O)[C@H]([C@H](O)[C@@H](O)c2ccc(O)c(OS(=O)(=O)O)c2)NC(=O)[C@@H]2C[C@@H](O)CN2C(=O)[C@H](C(C)O)NC1=O. The van der Waals surface area contributed by atoms with Gasteiger partial charge < -0.3 is 92.3 Å². The standard InChI is InChI=1S/C51H82N8O21S/c1-4-5-6-7-8-9-10-11-12-13-14-15-16-17-37(66)53-30-22-34(64)47(72)57-49(74)41-42(67)26(2)24-59(41)51(76)39(33(63)23-36(52)65)55-48(73)40(44(69)43(68)28-18-19-32(62)35(20-28)80-81(77,78)79)56-46(71)31-21-29(61)25-58(31)50(75)38(27(3)60)54-45(30)70/h18-20,26-27,29-31,33-34,38-44,47,60-64,67-69,72H,4-17,21-25H2,1-3H3,(H2,52,65)(H,53,66)(H,54,70)(H,55,73)(H,56,71)(H,57,74)(H,77,78,79)/t26-,27?,29+,30-,31-,33?,34+,38-,39-,40-,41-,42-,43-,44-,47+/m0/s1. The number of benzene rings is 1. The molecule has 3 aliphatic heterocycles. The van der Waals surface area contributed by atoms with Gasteiger partial charge in [-0.2, -0.15) is 8.42 Å². The molecule has 17 N–H and O–H groups in total. The fourth-order valence-electron chi connectivity index (χ4n) is 10.1. The van der Waals surface area contributed by atoms with Crippen molar-refractivity contribution in [3.8, 4) is 11.5 Å². The number of primary amides is 1. The molecule has 0 aliphatic carbocycles. The van der Waals surface area contributed by atoms with Gasteiger partial charge in [0.15, 0.2) is 17.7 Å². The van der Waals surface area contributed by atoms with E-state index in [-0.39, 0.29) is 6.42 Å². The molecule has 3 fully saturated rings. The Kier molecular flexibility index (Phi) is 26.4. The lowest BCUT2D eigenvalue weighted by atomic mass is 9.96. The molecule has 0 spiro atoms. The van der Waals surface area contributed by atoms with Crippen LogP contribution in [0.25, 0.3) is 0 Å². The summed E-state index contributed by atoms with van der Waals surface area (Å²) in [5, 5.41) is 111. The number of rotatable bonds is 24. The summed E-state index contributed by atoms with van der Waals surface area (Å²) in [6, 6.07) is -10.5. The highest BCUT2D eigenvalue weighted by Gasteiger charge is 2.51. The second-order valence-electron chi connectivity index (χ2n) is 21.3. The minimum absolute atomic E-state index is 0.114. The third kappa shape index (κ3) is 19.9. The summed E-state index contributed by atoms with van der Waals surface area (Å²) in [5.74, 6) is -13.3. The van der Waals surface area contributed by atoms with Crippen LogP contribution >= 0.6 is 0 Å². The summed E-state index contributed by atoms with van der Waals surface area (Å²) >= 11 is 0. The number of nitrogens with zero attached hydrogens (tertiary/aromatic N) is 2. The molecule has 0 radical (unpaired) electrons. The van der Waals surface area contributed by atoms with Crippen molar-refractivity contribution in [2.45, 2.75) is 215 Å². The number of phenolic OH excluding ortho intramolecular Hbond substituents is 1. The molecule has 0 bridgehead atoms. The lowest BCUT2D eigenvalue weighted by Crippen LogP contribution is -2.64. The van der Waals surface area contributed by atoms with E-state index in [0.717, 1.165) is 51.2 Å². The topological polar surface area (TPSA) is 475 Å². The first-order valence-electron chi connectivity index (χ1n) is 27.4. The van der Waals surface area contributed by atoms with Crippen molar-refractivity contribution < 1.29 is 101 Å². The van der Waals surface area contributed by atoms with Crippen LogP contribution in [0.4, 0.5) is 0 Å². The number of hydrogen-bond acceptors (Lipinski definition) is 20. The number of amides is 8. The maximum Gasteiger partial charge on any atom is 0.446 e. The van der Waals surface area contributed by atoms with Crippen LogP contribution in [0, 0.1) is 5.92 Å². The third-order valence-electron chi connectivity index (χ3n) is 14.6. The first-order chi connectivity index (χ1) is 38.1. The molecule has 3 saturated heterocycles. The smallest absolute Gasteiger partial charge is 0.446 e. The molecule has 0 aromatic heterocycles. The molecule has 1 aromatic carbocycles. The first kappa shape index (κ1) is 67.7. The predicted octanol–water partition coefficient (Wildman–Crippen LogP) is -3.63. The quantitative estimate of drug-likeness (QED) is 0.0351. The van der Waals surface area contributed by atoms with E-state index in [1.165, 1.54) is 45.4 Å². The number of fused-ring (bicyclic) bond motifs is 2. The summed E-state index contributed by atoms with van der Waals surface area (Å²) in [6.07, 6.45) is -6.43. The number of carbonyl (C=O) groups excluding carboxylic acids is 8. The first-order valence-corrected chi connectivity index (χ1v) is 28.8. The van der Waals surface area contributed by atoms with Gasteiger partial charge in [0.05, 0.1) is 30.8 Å². The molecule has 29 nitrogen and oxygen atoms in total. The maximum atomic E-state index is 14.6. The van der Waals surface area contributed by atoms with Gasteiger partial charge in [-0.3, -0.25) is 42.9 Å². The summed E-state index contributed by atoms with van der Waals surface area (Å²) in [6.45, 7) is 3.39. The molecule has 2 unspecified atom stereocenters. The van der Waals surface area contributed by atoms with Crippen molar-refractivity contribution in [3.63, 3.8) is 0 Å². The summed E-state index contributed by atoms with van der Waals surface area (Å²) in [7, 11) is -5.33. The van der Waals surface area contributed by atoms with Crippen LogP contribution in [-0.4, -0.2) is 208 Å². The molecule has 3 aliphatic rings. The van der Waals surface area contributed by atoms with Crippen LogP contribution in [0.2, 0.25) is 0 Å². The molecule has 0 saturated carbocycles. The van der Waals surface area contributed by atoms with E-state index in [2.05, 4.69) is 27.1 Å². The number of aliphatic hydroxyl groups excluding tert-OH is 8. The Morgan fingerprint density at radius 1 is 0.741 bits per heavy atom. The van der Waals surface area contributed by atoms with Crippen molar-refractivity contribution >= 4 is 57.7 Å². The lowest BCUT2D eigenvalue weighted by molar-refractivity contribution is -0.149. The molecule has 1 aromatic rings. The lowest BCUT2D eigenvalue weighted by Gasteiger charge is -2.34. The molecular formula is C51H82N8O21S. The van der Waals surface area contributed by atoms with Crippen molar-refractivity contribution in [1.29, 1.82) is 0 Å². The second kappa shape index (κ2) is 31.6. The minimum atomic E-state index is -5.33. The molecule has 8 amide bonds. The zero-order valence-electron chi connectivity index (χ0n) is 45.7. The zero-order valence-corrected chi connectivity index (χ0v) is 46.5. The number of unbranched alkanes of at least 4 members (excludes halogenated alkanes) is 12. The van der Waals surface area contributed by atoms with E-state index < -0.39 is 198 Å². The van der Waals surface area contributed by atoms with Crippen molar-refractivity contribution in [1.82, 2.24) is 36.4 Å². The van der Waals surface area contributed by atoms with Gasteiger partial charge in [-0.1, -0.05) is 97.0 Å². The average Bonchev–Trinajstić information content (AvgIpc) is 3.94. The monoisotopic (exact) mass is 1170 g/mol. The molecular weight excluding hydrogens is 1090 g/mol. The normalized spacial score (nSPS) is 28.0. The van der Waals surface area contributed by atoms with E-state index in [0.29, 0.717) is 28.7 Å². The maximum absolute atomic E-state index is 14.6. The Hall–Kier alpha value is -5.83. The highest BCUT2D eigenvalue weighted by atomic mass is 32.3. The Morgan fingerprint density at radius 2 is 1.30 bits per heavy atom. The number of phenols is 1. The predicted molar refractivity (Wildman–Crippen MR) is 282 cm³/mol.